The molecule has 1 fully saturated rings. The second-order valence-electron chi connectivity index (χ2n) is 6.16. The van der Waals surface area contributed by atoms with Crippen LogP contribution in [0.4, 0.5) is 0 Å². The summed E-state index contributed by atoms with van der Waals surface area (Å²) in [7, 11) is 0. The number of nitrogens with zero attached hydrogens (tertiary/aromatic N) is 1. The lowest BCUT2D eigenvalue weighted by molar-refractivity contribution is -0.126. The van der Waals surface area contributed by atoms with Gasteiger partial charge in [0.05, 0.1) is 0 Å². The van der Waals surface area contributed by atoms with Gasteiger partial charge in [-0.25, -0.2) is 0 Å². The number of rotatable bonds is 4. The monoisotopic (exact) mass is 302 g/mol. The number of carbonyl (C=O) groups is 2. The molecule has 2 amide bonds. The van der Waals surface area contributed by atoms with Gasteiger partial charge in [0.15, 0.2) is 0 Å². The van der Waals surface area contributed by atoms with E-state index in [-0.39, 0.29) is 17.7 Å². The van der Waals surface area contributed by atoms with Crippen molar-refractivity contribution in [2.24, 2.45) is 5.92 Å². The Morgan fingerprint density at radius 1 is 1.18 bits per heavy atom. The number of hydrogen-bond donors (Lipinski definition) is 1. The quantitative estimate of drug-likeness (QED) is 0.929. The van der Waals surface area contributed by atoms with Crippen LogP contribution < -0.4 is 5.32 Å². The van der Waals surface area contributed by atoms with E-state index in [4.69, 9.17) is 0 Å². The largest absolute Gasteiger partial charge is 0.356 e. The fourth-order valence-corrected chi connectivity index (χ4v) is 2.79. The number of carbonyl (C=O) groups excluding carboxylic acids is 2. The minimum atomic E-state index is 0.0513. The fraction of sp³-hybridized carbons (Fsp3) is 0.556. The Morgan fingerprint density at radius 2 is 1.86 bits per heavy atom. The Bertz CT molecular complexity index is 546. The average Bonchev–Trinajstić information content (AvgIpc) is 2.54. The standard InChI is InChI=1S/C18H26N2O2/c1-4-9-19-17(21)15-7-10-20(11-8-15)18(22)16-6-5-13(2)14(3)12-16/h5-6,12,15H,4,7-11H2,1-3H3,(H,19,21). The van der Waals surface area contributed by atoms with E-state index in [1.807, 2.05) is 43.9 Å². The molecule has 1 aromatic rings. The lowest BCUT2D eigenvalue weighted by atomic mass is 9.95. The summed E-state index contributed by atoms with van der Waals surface area (Å²) in [5.74, 6) is 0.269. The fourth-order valence-electron chi connectivity index (χ4n) is 2.79. The van der Waals surface area contributed by atoms with Crippen LogP contribution in [-0.2, 0) is 4.79 Å². The number of piperidine rings is 1. The normalized spacial score (nSPS) is 15.7. The van der Waals surface area contributed by atoms with Gasteiger partial charge in [-0.3, -0.25) is 9.59 Å². The van der Waals surface area contributed by atoms with E-state index in [2.05, 4.69) is 5.32 Å². The summed E-state index contributed by atoms with van der Waals surface area (Å²) >= 11 is 0. The summed E-state index contributed by atoms with van der Waals surface area (Å²) in [6.07, 6.45) is 2.47. The minimum absolute atomic E-state index is 0.0513. The summed E-state index contributed by atoms with van der Waals surface area (Å²) in [4.78, 5) is 26.4. The van der Waals surface area contributed by atoms with Gasteiger partial charge in [0.25, 0.3) is 5.91 Å². The summed E-state index contributed by atoms with van der Waals surface area (Å²) < 4.78 is 0. The van der Waals surface area contributed by atoms with Gasteiger partial charge in [-0.1, -0.05) is 13.0 Å². The molecule has 1 saturated heterocycles. The zero-order valence-corrected chi connectivity index (χ0v) is 13.8. The van der Waals surface area contributed by atoms with Crippen molar-refractivity contribution in [1.29, 1.82) is 0 Å². The summed E-state index contributed by atoms with van der Waals surface area (Å²) in [5, 5.41) is 2.95. The van der Waals surface area contributed by atoms with Gasteiger partial charge in [-0.15, -0.1) is 0 Å². The highest BCUT2D eigenvalue weighted by Crippen LogP contribution is 2.20. The molecule has 1 N–H and O–H groups in total. The van der Waals surface area contributed by atoms with E-state index < -0.39 is 0 Å². The Morgan fingerprint density at radius 3 is 2.45 bits per heavy atom. The molecule has 22 heavy (non-hydrogen) atoms. The first-order valence-electron chi connectivity index (χ1n) is 8.17. The zero-order valence-electron chi connectivity index (χ0n) is 13.8. The second-order valence-corrected chi connectivity index (χ2v) is 6.16. The van der Waals surface area contributed by atoms with Crippen LogP contribution >= 0.6 is 0 Å². The van der Waals surface area contributed by atoms with Gasteiger partial charge >= 0.3 is 0 Å². The van der Waals surface area contributed by atoms with E-state index in [0.29, 0.717) is 13.1 Å². The molecule has 0 spiro atoms. The SMILES string of the molecule is CCCNC(=O)C1CCN(C(=O)c2ccc(C)c(C)c2)CC1. The highest BCUT2D eigenvalue weighted by molar-refractivity contribution is 5.94. The van der Waals surface area contributed by atoms with Gasteiger partial charge in [0, 0.05) is 31.1 Å². The molecule has 1 heterocycles. The van der Waals surface area contributed by atoms with E-state index in [1.165, 1.54) is 5.56 Å². The Labute approximate surface area is 132 Å². The number of amides is 2. The van der Waals surface area contributed by atoms with Crippen molar-refractivity contribution >= 4 is 11.8 Å². The first-order valence-corrected chi connectivity index (χ1v) is 8.17. The van der Waals surface area contributed by atoms with Gasteiger partial charge in [0.1, 0.15) is 0 Å². The molecule has 4 nitrogen and oxygen atoms in total. The van der Waals surface area contributed by atoms with Gasteiger partial charge < -0.3 is 10.2 Å². The van der Waals surface area contributed by atoms with Crippen LogP contribution in [0.5, 0.6) is 0 Å². The number of nitrogens with one attached hydrogen (secondary N) is 1. The van der Waals surface area contributed by atoms with E-state index in [1.54, 1.807) is 0 Å². The predicted molar refractivity (Wildman–Crippen MR) is 87.8 cm³/mol. The molecule has 0 aromatic heterocycles. The maximum Gasteiger partial charge on any atom is 0.253 e. The minimum Gasteiger partial charge on any atom is -0.356 e. The lowest BCUT2D eigenvalue weighted by Gasteiger charge is -2.31. The summed E-state index contributed by atoms with van der Waals surface area (Å²) in [6, 6.07) is 5.84. The molecule has 4 heteroatoms. The molecule has 1 aliphatic heterocycles. The molecular weight excluding hydrogens is 276 g/mol. The molecule has 0 aliphatic carbocycles. The Kier molecular flexibility index (Phi) is 5.58. The van der Waals surface area contributed by atoms with Crippen LogP contribution in [0, 0.1) is 19.8 Å². The van der Waals surface area contributed by atoms with E-state index in [0.717, 1.165) is 36.9 Å². The molecular formula is C18H26N2O2. The number of aryl methyl sites for hydroxylation is 2. The van der Waals surface area contributed by atoms with Crippen molar-refractivity contribution in [3.63, 3.8) is 0 Å². The van der Waals surface area contributed by atoms with Crippen LogP contribution in [0.25, 0.3) is 0 Å². The second kappa shape index (κ2) is 7.43. The van der Waals surface area contributed by atoms with Gasteiger partial charge in [-0.2, -0.15) is 0 Å². The molecule has 0 saturated carbocycles. The summed E-state index contributed by atoms with van der Waals surface area (Å²) in [5.41, 5.74) is 3.08. The maximum absolute atomic E-state index is 12.5. The van der Waals surface area contributed by atoms with Crippen molar-refractivity contribution in [1.82, 2.24) is 10.2 Å². The molecule has 120 valence electrons. The molecule has 0 unspecified atom stereocenters. The molecule has 1 aromatic carbocycles. The average molecular weight is 302 g/mol. The number of likely N-dealkylation sites (tertiary alicyclic amines) is 1. The van der Waals surface area contributed by atoms with E-state index >= 15 is 0 Å². The highest BCUT2D eigenvalue weighted by atomic mass is 16.2. The molecule has 2 rings (SSSR count). The van der Waals surface area contributed by atoms with Gasteiger partial charge in [-0.05, 0) is 56.4 Å². The Hall–Kier alpha value is -1.84. The smallest absolute Gasteiger partial charge is 0.253 e. The van der Waals surface area contributed by atoms with Crippen molar-refractivity contribution in [2.75, 3.05) is 19.6 Å². The lowest BCUT2D eigenvalue weighted by Crippen LogP contribution is -2.43. The van der Waals surface area contributed by atoms with Crippen LogP contribution in [0.3, 0.4) is 0 Å². The molecule has 1 aliphatic rings. The van der Waals surface area contributed by atoms with Gasteiger partial charge in [0.2, 0.25) is 5.91 Å². The van der Waals surface area contributed by atoms with Crippen molar-refractivity contribution in [3.05, 3.63) is 34.9 Å². The Balaban J connectivity index is 1.92. The summed E-state index contributed by atoms with van der Waals surface area (Å²) in [6.45, 7) is 8.18. The van der Waals surface area contributed by atoms with Crippen molar-refractivity contribution in [3.8, 4) is 0 Å². The third-order valence-corrected chi connectivity index (χ3v) is 4.46. The third kappa shape index (κ3) is 3.87. The zero-order chi connectivity index (χ0) is 16.1. The number of benzene rings is 1. The van der Waals surface area contributed by atoms with Crippen LogP contribution in [0.2, 0.25) is 0 Å². The molecule has 0 atom stereocenters. The van der Waals surface area contributed by atoms with E-state index in [9.17, 15) is 9.59 Å². The third-order valence-electron chi connectivity index (χ3n) is 4.46. The topological polar surface area (TPSA) is 49.4 Å². The van der Waals surface area contributed by atoms with Crippen molar-refractivity contribution in [2.45, 2.75) is 40.0 Å². The van der Waals surface area contributed by atoms with Crippen molar-refractivity contribution < 1.29 is 9.59 Å². The predicted octanol–water partition coefficient (Wildman–Crippen LogP) is 2.68. The molecule has 0 radical (unpaired) electrons. The van der Waals surface area contributed by atoms with Crippen LogP contribution in [0.1, 0.15) is 47.7 Å². The highest BCUT2D eigenvalue weighted by Gasteiger charge is 2.27. The molecule has 0 bridgehead atoms. The first kappa shape index (κ1) is 16.5. The van der Waals surface area contributed by atoms with Crippen LogP contribution in [0.15, 0.2) is 18.2 Å². The number of hydrogen-bond acceptors (Lipinski definition) is 2. The maximum atomic E-state index is 12.5. The van der Waals surface area contributed by atoms with Crippen LogP contribution in [-0.4, -0.2) is 36.3 Å². The first-order chi connectivity index (χ1) is 10.5.